The summed E-state index contributed by atoms with van der Waals surface area (Å²) in [5.41, 5.74) is 0.273. The first-order valence-corrected chi connectivity index (χ1v) is 7.69. The fourth-order valence-corrected chi connectivity index (χ4v) is 2.33. The minimum Gasteiger partial charge on any atom is -0.466 e. The van der Waals surface area contributed by atoms with Gasteiger partial charge in [-0.25, -0.2) is 4.68 Å². The van der Waals surface area contributed by atoms with Crippen LogP contribution < -0.4 is 10.6 Å². The van der Waals surface area contributed by atoms with Gasteiger partial charge in [-0.3, -0.25) is 9.59 Å². The van der Waals surface area contributed by atoms with Crippen LogP contribution >= 0.6 is 0 Å². The van der Waals surface area contributed by atoms with Crippen molar-refractivity contribution in [1.29, 1.82) is 0 Å². The number of esters is 1. The van der Waals surface area contributed by atoms with Crippen molar-refractivity contribution in [3.63, 3.8) is 0 Å². The lowest BCUT2D eigenvalue weighted by Gasteiger charge is -2.22. The molecule has 0 aromatic carbocycles. The molecule has 0 spiro atoms. The Balaban J connectivity index is 1.85. The van der Waals surface area contributed by atoms with Crippen molar-refractivity contribution in [3.05, 3.63) is 11.9 Å². The number of carbonyl (C=O) groups excluding carboxylic acids is 2. The second-order valence-corrected chi connectivity index (χ2v) is 5.43. The normalized spacial score (nSPS) is 17.0. The van der Waals surface area contributed by atoms with Crippen LogP contribution in [0, 0.1) is 5.92 Å². The van der Waals surface area contributed by atoms with Gasteiger partial charge in [-0.2, -0.15) is 0 Å². The van der Waals surface area contributed by atoms with Crippen molar-refractivity contribution in [3.8, 4) is 0 Å². The van der Waals surface area contributed by atoms with Crippen LogP contribution in [0.25, 0.3) is 0 Å². The van der Waals surface area contributed by atoms with E-state index in [9.17, 15) is 9.59 Å². The first-order chi connectivity index (χ1) is 10.6. The number of amides is 1. The highest BCUT2D eigenvalue weighted by Crippen LogP contribution is 2.16. The summed E-state index contributed by atoms with van der Waals surface area (Å²) in [4.78, 5) is 23.5. The summed E-state index contributed by atoms with van der Waals surface area (Å²) in [5.74, 6) is -1.03. The second kappa shape index (κ2) is 7.88. The quantitative estimate of drug-likeness (QED) is 0.725. The van der Waals surface area contributed by atoms with Gasteiger partial charge in [0.2, 0.25) is 0 Å². The number of piperidine rings is 1. The lowest BCUT2D eigenvalue weighted by Crippen LogP contribution is -2.32. The molecule has 2 N–H and O–H groups in total. The van der Waals surface area contributed by atoms with Crippen molar-refractivity contribution in [1.82, 2.24) is 25.6 Å². The molecule has 0 aliphatic carbocycles. The molecule has 0 radical (unpaired) electrons. The number of rotatable bonds is 6. The predicted molar refractivity (Wildman–Crippen MR) is 79.3 cm³/mol. The SMILES string of the molecule is CCOC(=O)C(C)CNC(=O)c1cn(C2CCNCC2)nn1. The monoisotopic (exact) mass is 309 g/mol. The molecule has 1 aliphatic heterocycles. The topological polar surface area (TPSA) is 98.1 Å². The Morgan fingerprint density at radius 2 is 2.23 bits per heavy atom. The van der Waals surface area contributed by atoms with Gasteiger partial charge in [0.15, 0.2) is 5.69 Å². The van der Waals surface area contributed by atoms with Crippen molar-refractivity contribution < 1.29 is 14.3 Å². The molecule has 1 fully saturated rings. The van der Waals surface area contributed by atoms with Crippen LogP contribution in [0.1, 0.15) is 43.2 Å². The van der Waals surface area contributed by atoms with Crippen molar-refractivity contribution >= 4 is 11.9 Å². The van der Waals surface area contributed by atoms with Gasteiger partial charge in [-0.1, -0.05) is 12.1 Å². The first-order valence-electron chi connectivity index (χ1n) is 7.69. The molecule has 8 heteroatoms. The molecule has 8 nitrogen and oxygen atoms in total. The predicted octanol–water partition coefficient (Wildman–Crippen LogP) is 0.132. The second-order valence-electron chi connectivity index (χ2n) is 5.43. The highest BCUT2D eigenvalue weighted by Gasteiger charge is 2.20. The molecule has 0 bridgehead atoms. The molecule has 2 heterocycles. The van der Waals surface area contributed by atoms with Crippen molar-refractivity contribution in [2.24, 2.45) is 5.92 Å². The van der Waals surface area contributed by atoms with Gasteiger partial charge in [-0.15, -0.1) is 5.10 Å². The van der Waals surface area contributed by atoms with E-state index < -0.39 is 0 Å². The zero-order valence-corrected chi connectivity index (χ0v) is 13.0. The Labute approximate surface area is 129 Å². The molecule has 1 amide bonds. The zero-order chi connectivity index (χ0) is 15.9. The van der Waals surface area contributed by atoms with Gasteiger partial charge in [0, 0.05) is 6.54 Å². The van der Waals surface area contributed by atoms with Gasteiger partial charge in [-0.05, 0) is 32.9 Å². The average molecular weight is 309 g/mol. The summed E-state index contributed by atoms with van der Waals surface area (Å²) >= 11 is 0. The number of nitrogens with one attached hydrogen (secondary N) is 2. The summed E-state index contributed by atoms with van der Waals surface area (Å²) in [6.45, 7) is 5.91. The Morgan fingerprint density at radius 1 is 1.50 bits per heavy atom. The largest absolute Gasteiger partial charge is 0.466 e. The Hall–Kier alpha value is -1.96. The number of aromatic nitrogens is 3. The maximum absolute atomic E-state index is 12.0. The smallest absolute Gasteiger partial charge is 0.310 e. The molecule has 0 saturated carbocycles. The molecule has 22 heavy (non-hydrogen) atoms. The Morgan fingerprint density at radius 3 is 2.91 bits per heavy atom. The highest BCUT2D eigenvalue weighted by molar-refractivity contribution is 5.92. The van der Waals surface area contributed by atoms with E-state index in [4.69, 9.17) is 4.74 Å². The summed E-state index contributed by atoms with van der Waals surface area (Å²) in [5, 5.41) is 13.9. The molecule has 1 atom stereocenters. The average Bonchev–Trinajstić information content (AvgIpc) is 3.03. The van der Waals surface area contributed by atoms with Crippen molar-refractivity contribution in [2.45, 2.75) is 32.7 Å². The molecular weight excluding hydrogens is 286 g/mol. The van der Waals surface area contributed by atoms with Crippen LogP contribution in [0.3, 0.4) is 0 Å². The third-order valence-corrected chi connectivity index (χ3v) is 3.68. The standard InChI is InChI=1S/C14H23N5O3/c1-3-22-14(21)10(2)8-16-13(20)12-9-19(18-17-12)11-4-6-15-7-5-11/h9-11,15H,3-8H2,1-2H3,(H,16,20). The van der Waals surface area contributed by atoms with Crippen LogP contribution in [-0.4, -0.2) is 53.1 Å². The van der Waals surface area contributed by atoms with Crippen LogP contribution in [0.2, 0.25) is 0 Å². The maximum Gasteiger partial charge on any atom is 0.310 e. The van der Waals surface area contributed by atoms with Crippen LogP contribution in [0.5, 0.6) is 0 Å². The van der Waals surface area contributed by atoms with E-state index in [1.54, 1.807) is 24.7 Å². The molecule has 2 rings (SSSR count). The minimum absolute atomic E-state index is 0.220. The van der Waals surface area contributed by atoms with E-state index in [0.29, 0.717) is 6.61 Å². The van der Waals surface area contributed by atoms with Gasteiger partial charge in [0.1, 0.15) is 0 Å². The number of nitrogens with zero attached hydrogens (tertiary/aromatic N) is 3. The number of ether oxygens (including phenoxy) is 1. The molecule has 1 saturated heterocycles. The maximum atomic E-state index is 12.0. The molecular formula is C14H23N5O3. The van der Waals surface area contributed by atoms with Gasteiger partial charge in [0.25, 0.3) is 5.91 Å². The summed E-state index contributed by atoms with van der Waals surface area (Å²) < 4.78 is 6.65. The third kappa shape index (κ3) is 4.27. The van der Waals surface area contributed by atoms with E-state index in [1.807, 2.05) is 0 Å². The van der Waals surface area contributed by atoms with Crippen LogP contribution in [0.15, 0.2) is 6.20 Å². The molecule has 1 aliphatic rings. The van der Waals surface area contributed by atoms with E-state index >= 15 is 0 Å². The molecule has 1 aromatic rings. The highest BCUT2D eigenvalue weighted by atomic mass is 16.5. The minimum atomic E-state index is -0.386. The molecule has 122 valence electrons. The fraction of sp³-hybridized carbons (Fsp3) is 0.714. The third-order valence-electron chi connectivity index (χ3n) is 3.68. The summed E-state index contributed by atoms with van der Waals surface area (Å²) in [6.07, 6.45) is 3.62. The summed E-state index contributed by atoms with van der Waals surface area (Å²) in [6, 6.07) is 0.286. The van der Waals surface area contributed by atoms with E-state index in [0.717, 1.165) is 25.9 Å². The van der Waals surface area contributed by atoms with Gasteiger partial charge < -0.3 is 15.4 Å². The fourth-order valence-electron chi connectivity index (χ4n) is 2.33. The molecule has 1 unspecified atom stereocenters. The Bertz CT molecular complexity index is 510. The van der Waals surface area contributed by atoms with Gasteiger partial charge in [0.05, 0.1) is 24.8 Å². The number of hydrogen-bond acceptors (Lipinski definition) is 6. The lowest BCUT2D eigenvalue weighted by atomic mass is 10.1. The summed E-state index contributed by atoms with van der Waals surface area (Å²) in [7, 11) is 0. The number of carbonyl (C=O) groups is 2. The number of hydrogen-bond donors (Lipinski definition) is 2. The first kappa shape index (κ1) is 16.4. The van der Waals surface area contributed by atoms with Crippen LogP contribution in [-0.2, 0) is 9.53 Å². The molecule has 1 aromatic heterocycles. The van der Waals surface area contributed by atoms with Gasteiger partial charge >= 0.3 is 5.97 Å². The van der Waals surface area contributed by atoms with E-state index in [2.05, 4.69) is 20.9 Å². The Kier molecular flexibility index (Phi) is 5.88. The van der Waals surface area contributed by atoms with E-state index in [1.165, 1.54) is 0 Å². The van der Waals surface area contributed by atoms with Crippen molar-refractivity contribution in [2.75, 3.05) is 26.2 Å². The lowest BCUT2D eigenvalue weighted by molar-refractivity contribution is -0.147. The van der Waals surface area contributed by atoms with Crippen LogP contribution in [0.4, 0.5) is 0 Å². The van der Waals surface area contributed by atoms with E-state index in [-0.39, 0.29) is 36.1 Å². The zero-order valence-electron chi connectivity index (χ0n) is 13.0.